The van der Waals surface area contributed by atoms with E-state index in [2.05, 4.69) is 5.32 Å². The maximum Gasteiger partial charge on any atom is 0.326 e. The molecule has 1 aliphatic rings. The zero-order valence-corrected chi connectivity index (χ0v) is 12.6. The average Bonchev–Trinajstić information content (AvgIpc) is 2.37. The molecule has 1 fully saturated rings. The molecule has 116 valence electrons. The summed E-state index contributed by atoms with van der Waals surface area (Å²) in [4.78, 5) is 23.6. The number of hydrogen-bond donors (Lipinski definition) is 2. The molecule has 1 saturated carbocycles. The molecule has 0 aromatic heterocycles. The van der Waals surface area contributed by atoms with Gasteiger partial charge in [-0.3, -0.25) is 4.79 Å². The SMILES string of the molecule is CCCCC(NC(=O)C1(CCOCC)CCC1)C(=O)O. The van der Waals surface area contributed by atoms with E-state index in [9.17, 15) is 14.7 Å². The van der Waals surface area contributed by atoms with Crippen molar-refractivity contribution in [3.05, 3.63) is 0 Å². The summed E-state index contributed by atoms with van der Waals surface area (Å²) in [7, 11) is 0. The van der Waals surface area contributed by atoms with Crippen LogP contribution in [0.5, 0.6) is 0 Å². The molecule has 0 radical (unpaired) electrons. The molecular formula is C15H27NO4. The van der Waals surface area contributed by atoms with E-state index >= 15 is 0 Å². The van der Waals surface area contributed by atoms with Gasteiger partial charge in [0, 0.05) is 13.2 Å². The van der Waals surface area contributed by atoms with Crippen LogP contribution in [-0.4, -0.2) is 36.2 Å². The third-order valence-corrected chi connectivity index (χ3v) is 4.17. The van der Waals surface area contributed by atoms with Crippen LogP contribution >= 0.6 is 0 Å². The summed E-state index contributed by atoms with van der Waals surface area (Å²) in [5.74, 6) is -1.04. The number of amides is 1. The van der Waals surface area contributed by atoms with Gasteiger partial charge in [-0.1, -0.05) is 26.2 Å². The number of hydrogen-bond acceptors (Lipinski definition) is 3. The minimum Gasteiger partial charge on any atom is -0.480 e. The van der Waals surface area contributed by atoms with E-state index in [-0.39, 0.29) is 5.91 Å². The van der Waals surface area contributed by atoms with Crippen LogP contribution in [0.2, 0.25) is 0 Å². The molecule has 5 nitrogen and oxygen atoms in total. The molecule has 0 aromatic rings. The number of ether oxygens (including phenoxy) is 1. The van der Waals surface area contributed by atoms with Crippen molar-refractivity contribution in [2.24, 2.45) is 5.41 Å². The molecule has 0 heterocycles. The Labute approximate surface area is 121 Å². The Balaban J connectivity index is 2.54. The standard InChI is InChI=1S/C15H27NO4/c1-3-5-7-12(13(17)18)16-14(19)15(8-6-9-15)10-11-20-4-2/h12H,3-11H2,1-2H3,(H,16,19)(H,17,18). The van der Waals surface area contributed by atoms with Crippen molar-refractivity contribution in [2.45, 2.75) is 64.8 Å². The summed E-state index contributed by atoms with van der Waals surface area (Å²) in [6.45, 7) is 5.15. The van der Waals surface area contributed by atoms with E-state index in [0.717, 1.165) is 32.1 Å². The molecule has 2 N–H and O–H groups in total. The topological polar surface area (TPSA) is 75.6 Å². The number of unbranched alkanes of at least 4 members (excludes halogenated alkanes) is 1. The Morgan fingerprint density at radius 3 is 2.50 bits per heavy atom. The third kappa shape index (κ3) is 4.47. The summed E-state index contributed by atoms with van der Waals surface area (Å²) in [5, 5.41) is 11.9. The monoisotopic (exact) mass is 285 g/mol. The van der Waals surface area contributed by atoms with Crippen LogP contribution in [0.25, 0.3) is 0 Å². The molecule has 1 atom stereocenters. The van der Waals surface area contributed by atoms with Gasteiger partial charge in [0.2, 0.25) is 5.91 Å². The lowest BCUT2D eigenvalue weighted by Gasteiger charge is -2.40. The largest absolute Gasteiger partial charge is 0.480 e. The van der Waals surface area contributed by atoms with Crippen LogP contribution in [0, 0.1) is 5.41 Å². The second-order valence-electron chi connectivity index (χ2n) is 5.59. The van der Waals surface area contributed by atoms with Gasteiger partial charge in [0.05, 0.1) is 5.41 Å². The lowest BCUT2D eigenvalue weighted by Crippen LogP contribution is -2.51. The zero-order valence-electron chi connectivity index (χ0n) is 12.6. The number of carboxylic acids is 1. The Kier molecular flexibility index (Phi) is 6.99. The molecule has 0 aromatic carbocycles. The second kappa shape index (κ2) is 8.25. The van der Waals surface area contributed by atoms with E-state index in [4.69, 9.17) is 4.74 Å². The Morgan fingerprint density at radius 1 is 1.35 bits per heavy atom. The smallest absolute Gasteiger partial charge is 0.326 e. The number of carboxylic acid groups (broad SMARTS) is 1. The molecule has 0 saturated heterocycles. The molecule has 1 aliphatic carbocycles. The summed E-state index contributed by atoms with van der Waals surface area (Å²) >= 11 is 0. The van der Waals surface area contributed by atoms with Crippen molar-refractivity contribution in [3.63, 3.8) is 0 Å². The van der Waals surface area contributed by atoms with Crippen molar-refractivity contribution in [2.75, 3.05) is 13.2 Å². The number of rotatable bonds is 10. The summed E-state index contributed by atoms with van der Waals surface area (Å²) < 4.78 is 5.34. The van der Waals surface area contributed by atoms with Crippen LogP contribution in [0.15, 0.2) is 0 Å². The minimum absolute atomic E-state index is 0.105. The van der Waals surface area contributed by atoms with Crippen molar-refractivity contribution in [3.8, 4) is 0 Å². The second-order valence-corrected chi connectivity index (χ2v) is 5.59. The molecule has 0 spiro atoms. The normalized spacial score (nSPS) is 18.1. The first kappa shape index (κ1) is 17.0. The fourth-order valence-corrected chi connectivity index (χ4v) is 2.58. The van der Waals surface area contributed by atoms with E-state index in [1.807, 2.05) is 13.8 Å². The van der Waals surface area contributed by atoms with Gasteiger partial charge in [-0.15, -0.1) is 0 Å². The summed E-state index contributed by atoms with van der Waals surface area (Å²) in [5.41, 5.74) is -0.394. The fraction of sp³-hybridized carbons (Fsp3) is 0.867. The molecule has 1 unspecified atom stereocenters. The molecule has 0 aliphatic heterocycles. The van der Waals surface area contributed by atoms with Crippen molar-refractivity contribution < 1.29 is 19.4 Å². The molecule has 1 amide bonds. The van der Waals surface area contributed by atoms with E-state index in [0.29, 0.717) is 26.1 Å². The van der Waals surface area contributed by atoms with E-state index < -0.39 is 17.4 Å². The molecule has 20 heavy (non-hydrogen) atoms. The number of aliphatic carboxylic acids is 1. The number of nitrogens with one attached hydrogen (secondary N) is 1. The quantitative estimate of drug-likeness (QED) is 0.604. The van der Waals surface area contributed by atoms with Crippen LogP contribution in [0.1, 0.15) is 58.8 Å². The Bertz CT molecular complexity index is 326. The van der Waals surface area contributed by atoms with Crippen LogP contribution in [0.4, 0.5) is 0 Å². The predicted octanol–water partition coefficient (Wildman–Crippen LogP) is 2.34. The van der Waals surface area contributed by atoms with Gasteiger partial charge in [0.15, 0.2) is 0 Å². The van der Waals surface area contributed by atoms with Gasteiger partial charge in [-0.05, 0) is 32.6 Å². The number of carbonyl (C=O) groups excluding carboxylic acids is 1. The fourth-order valence-electron chi connectivity index (χ4n) is 2.58. The molecular weight excluding hydrogens is 258 g/mol. The first-order chi connectivity index (χ1) is 9.55. The van der Waals surface area contributed by atoms with Gasteiger partial charge < -0.3 is 15.2 Å². The highest BCUT2D eigenvalue weighted by Crippen LogP contribution is 2.44. The highest BCUT2D eigenvalue weighted by molar-refractivity contribution is 5.88. The van der Waals surface area contributed by atoms with Gasteiger partial charge in [-0.25, -0.2) is 4.79 Å². The van der Waals surface area contributed by atoms with Gasteiger partial charge in [0.1, 0.15) is 6.04 Å². The average molecular weight is 285 g/mol. The van der Waals surface area contributed by atoms with Crippen molar-refractivity contribution in [1.82, 2.24) is 5.32 Å². The first-order valence-corrected chi connectivity index (χ1v) is 7.67. The Hall–Kier alpha value is -1.10. The zero-order chi connectivity index (χ0) is 15.0. The maximum atomic E-state index is 12.4. The molecule has 5 heteroatoms. The minimum atomic E-state index is -0.939. The van der Waals surface area contributed by atoms with Gasteiger partial charge >= 0.3 is 5.97 Å². The van der Waals surface area contributed by atoms with Crippen molar-refractivity contribution >= 4 is 11.9 Å². The summed E-state index contributed by atoms with van der Waals surface area (Å²) in [6, 6.07) is -0.757. The van der Waals surface area contributed by atoms with Gasteiger partial charge in [-0.2, -0.15) is 0 Å². The van der Waals surface area contributed by atoms with Crippen molar-refractivity contribution in [1.29, 1.82) is 0 Å². The first-order valence-electron chi connectivity index (χ1n) is 7.67. The van der Waals surface area contributed by atoms with Crippen LogP contribution in [0.3, 0.4) is 0 Å². The molecule has 1 rings (SSSR count). The highest BCUT2D eigenvalue weighted by atomic mass is 16.5. The summed E-state index contributed by atoms with van der Waals surface area (Å²) in [6.07, 6.45) is 5.63. The van der Waals surface area contributed by atoms with E-state index in [1.165, 1.54) is 0 Å². The molecule has 0 bridgehead atoms. The Morgan fingerprint density at radius 2 is 2.05 bits per heavy atom. The maximum absolute atomic E-state index is 12.4. The lowest BCUT2D eigenvalue weighted by atomic mass is 9.66. The lowest BCUT2D eigenvalue weighted by molar-refractivity contribution is -0.146. The van der Waals surface area contributed by atoms with E-state index in [1.54, 1.807) is 0 Å². The van der Waals surface area contributed by atoms with Crippen LogP contribution < -0.4 is 5.32 Å². The number of carbonyl (C=O) groups is 2. The predicted molar refractivity (Wildman–Crippen MR) is 76.5 cm³/mol. The van der Waals surface area contributed by atoms with Crippen LogP contribution in [-0.2, 0) is 14.3 Å². The van der Waals surface area contributed by atoms with Gasteiger partial charge in [0.25, 0.3) is 0 Å². The highest BCUT2D eigenvalue weighted by Gasteiger charge is 2.44. The third-order valence-electron chi connectivity index (χ3n) is 4.17.